The third kappa shape index (κ3) is 2.55. The lowest BCUT2D eigenvalue weighted by atomic mass is 10.1. The van der Waals surface area contributed by atoms with Crippen LogP contribution >= 0.6 is 0 Å². The molecular formula is C11H12F2O3. The van der Waals surface area contributed by atoms with E-state index in [2.05, 4.69) is 4.74 Å². The average molecular weight is 230 g/mol. The molecule has 0 fully saturated rings. The Morgan fingerprint density at radius 2 is 2.06 bits per heavy atom. The minimum absolute atomic E-state index is 0.0810. The molecule has 3 nitrogen and oxygen atoms in total. The van der Waals surface area contributed by atoms with Gasteiger partial charge in [0, 0.05) is 11.6 Å². The van der Waals surface area contributed by atoms with Gasteiger partial charge < -0.3 is 9.84 Å². The summed E-state index contributed by atoms with van der Waals surface area (Å²) in [4.78, 5) is 11.2. The van der Waals surface area contributed by atoms with E-state index in [1.807, 2.05) is 0 Å². The first-order chi connectivity index (χ1) is 7.47. The summed E-state index contributed by atoms with van der Waals surface area (Å²) in [5.74, 6) is -2.65. The predicted octanol–water partition coefficient (Wildman–Crippen LogP) is 1.87. The maximum absolute atomic E-state index is 13.3. The summed E-state index contributed by atoms with van der Waals surface area (Å²) in [7, 11) is 0. The van der Waals surface area contributed by atoms with Crippen LogP contribution < -0.4 is 0 Å². The van der Waals surface area contributed by atoms with Crippen molar-refractivity contribution in [3.63, 3.8) is 0 Å². The lowest BCUT2D eigenvalue weighted by Crippen LogP contribution is -2.17. The van der Waals surface area contributed by atoms with Crippen molar-refractivity contribution in [3.05, 3.63) is 34.9 Å². The van der Waals surface area contributed by atoms with Crippen LogP contribution in [0, 0.1) is 18.6 Å². The van der Waals surface area contributed by atoms with Crippen molar-refractivity contribution in [1.82, 2.24) is 0 Å². The fourth-order valence-electron chi connectivity index (χ4n) is 1.24. The molecule has 0 saturated heterocycles. The number of carbonyl (C=O) groups excluding carboxylic acids is 1. The fraction of sp³-hybridized carbons (Fsp3) is 0.364. The lowest BCUT2D eigenvalue weighted by molar-refractivity contribution is -0.153. The number of rotatable bonds is 3. The summed E-state index contributed by atoms with van der Waals surface area (Å²) in [6.45, 7) is 3.06. The van der Waals surface area contributed by atoms with Gasteiger partial charge in [-0.15, -0.1) is 0 Å². The molecule has 0 bridgehead atoms. The van der Waals surface area contributed by atoms with Crippen LogP contribution in [0.15, 0.2) is 12.1 Å². The topological polar surface area (TPSA) is 46.5 Å². The maximum atomic E-state index is 13.3. The van der Waals surface area contributed by atoms with E-state index in [-0.39, 0.29) is 17.7 Å². The van der Waals surface area contributed by atoms with Crippen molar-refractivity contribution in [1.29, 1.82) is 0 Å². The van der Waals surface area contributed by atoms with Gasteiger partial charge >= 0.3 is 5.97 Å². The molecule has 88 valence electrons. The summed E-state index contributed by atoms with van der Waals surface area (Å²) >= 11 is 0. The molecule has 1 atom stereocenters. The van der Waals surface area contributed by atoms with Crippen LogP contribution in [0.1, 0.15) is 24.2 Å². The number of hydrogen-bond donors (Lipinski definition) is 1. The minimum atomic E-state index is -1.72. The molecular weight excluding hydrogens is 218 g/mol. The normalized spacial score (nSPS) is 12.3. The summed E-state index contributed by atoms with van der Waals surface area (Å²) < 4.78 is 30.7. The molecule has 1 aromatic carbocycles. The van der Waals surface area contributed by atoms with E-state index in [0.29, 0.717) is 6.07 Å². The quantitative estimate of drug-likeness (QED) is 0.806. The molecule has 0 radical (unpaired) electrons. The molecule has 0 saturated carbocycles. The second-order valence-electron chi connectivity index (χ2n) is 3.28. The van der Waals surface area contributed by atoms with Gasteiger partial charge in [-0.2, -0.15) is 0 Å². The standard InChI is InChI=1S/C11H12F2O3/c1-3-16-11(15)10(14)7-4-6(2)8(12)5-9(7)13/h4-5,10,14H,3H2,1-2H3. The van der Waals surface area contributed by atoms with Crippen molar-refractivity contribution < 1.29 is 23.4 Å². The second-order valence-corrected chi connectivity index (χ2v) is 3.28. The Bertz CT molecular complexity index is 404. The molecule has 1 N–H and O–H groups in total. The van der Waals surface area contributed by atoms with Crippen LogP contribution in [0.25, 0.3) is 0 Å². The molecule has 16 heavy (non-hydrogen) atoms. The number of halogens is 2. The first-order valence-electron chi connectivity index (χ1n) is 4.77. The predicted molar refractivity (Wildman–Crippen MR) is 52.7 cm³/mol. The Kier molecular flexibility index (Phi) is 3.95. The zero-order valence-electron chi connectivity index (χ0n) is 8.96. The zero-order valence-corrected chi connectivity index (χ0v) is 8.96. The van der Waals surface area contributed by atoms with Crippen LogP contribution in [0.2, 0.25) is 0 Å². The van der Waals surface area contributed by atoms with Gasteiger partial charge in [0.05, 0.1) is 6.61 Å². The molecule has 0 aliphatic heterocycles. The Morgan fingerprint density at radius 1 is 1.44 bits per heavy atom. The highest BCUT2D eigenvalue weighted by molar-refractivity contribution is 5.76. The van der Waals surface area contributed by atoms with Gasteiger partial charge in [0.1, 0.15) is 11.6 Å². The maximum Gasteiger partial charge on any atom is 0.339 e. The first-order valence-corrected chi connectivity index (χ1v) is 4.77. The summed E-state index contributed by atoms with van der Waals surface area (Å²) in [5.41, 5.74) is -0.128. The minimum Gasteiger partial charge on any atom is -0.464 e. The van der Waals surface area contributed by atoms with Crippen LogP contribution in [-0.2, 0) is 9.53 Å². The smallest absolute Gasteiger partial charge is 0.339 e. The van der Waals surface area contributed by atoms with E-state index < -0.39 is 23.7 Å². The van der Waals surface area contributed by atoms with Gasteiger partial charge in [0.2, 0.25) is 0 Å². The Morgan fingerprint density at radius 3 is 2.62 bits per heavy atom. The molecule has 1 rings (SSSR count). The number of aliphatic hydroxyl groups is 1. The van der Waals surface area contributed by atoms with Gasteiger partial charge in [0.15, 0.2) is 6.10 Å². The molecule has 0 amide bonds. The molecule has 1 aromatic rings. The van der Waals surface area contributed by atoms with Gasteiger partial charge in [-0.3, -0.25) is 0 Å². The molecule has 1 unspecified atom stereocenters. The monoisotopic (exact) mass is 230 g/mol. The van der Waals surface area contributed by atoms with Crippen molar-refractivity contribution in [3.8, 4) is 0 Å². The van der Waals surface area contributed by atoms with E-state index >= 15 is 0 Å². The van der Waals surface area contributed by atoms with Gasteiger partial charge in [-0.25, -0.2) is 13.6 Å². The van der Waals surface area contributed by atoms with Crippen molar-refractivity contribution in [2.24, 2.45) is 0 Å². The van der Waals surface area contributed by atoms with Crippen molar-refractivity contribution in [2.75, 3.05) is 6.61 Å². The largest absolute Gasteiger partial charge is 0.464 e. The summed E-state index contributed by atoms with van der Waals surface area (Å²) in [5, 5.41) is 9.48. The van der Waals surface area contributed by atoms with E-state index in [1.54, 1.807) is 6.92 Å². The Balaban J connectivity index is 3.04. The highest BCUT2D eigenvalue weighted by Gasteiger charge is 2.23. The summed E-state index contributed by atoms with van der Waals surface area (Å²) in [6, 6.07) is 1.72. The van der Waals surface area contributed by atoms with E-state index in [4.69, 9.17) is 0 Å². The van der Waals surface area contributed by atoms with Gasteiger partial charge in [-0.1, -0.05) is 0 Å². The zero-order chi connectivity index (χ0) is 12.3. The Labute approximate surface area is 91.7 Å². The van der Waals surface area contributed by atoms with E-state index in [1.165, 1.54) is 6.92 Å². The summed E-state index contributed by atoms with van der Waals surface area (Å²) in [6.07, 6.45) is -1.72. The fourth-order valence-corrected chi connectivity index (χ4v) is 1.24. The molecule has 0 aromatic heterocycles. The van der Waals surface area contributed by atoms with Crippen molar-refractivity contribution in [2.45, 2.75) is 20.0 Å². The van der Waals surface area contributed by atoms with Crippen LogP contribution in [0.3, 0.4) is 0 Å². The van der Waals surface area contributed by atoms with E-state index in [9.17, 15) is 18.7 Å². The SMILES string of the molecule is CCOC(=O)C(O)c1cc(C)c(F)cc1F. The molecule has 0 aliphatic carbocycles. The number of aliphatic hydroxyl groups excluding tert-OH is 1. The highest BCUT2D eigenvalue weighted by Crippen LogP contribution is 2.21. The first kappa shape index (κ1) is 12.6. The lowest BCUT2D eigenvalue weighted by Gasteiger charge is -2.11. The molecule has 0 heterocycles. The van der Waals surface area contributed by atoms with Gasteiger partial charge in [0.25, 0.3) is 0 Å². The third-order valence-electron chi connectivity index (χ3n) is 2.08. The number of hydrogen-bond acceptors (Lipinski definition) is 3. The molecule has 5 heteroatoms. The number of carbonyl (C=O) groups is 1. The Hall–Kier alpha value is -1.49. The highest BCUT2D eigenvalue weighted by atomic mass is 19.1. The average Bonchev–Trinajstić information content (AvgIpc) is 2.23. The van der Waals surface area contributed by atoms with Crippen LogP contribution in [0.4, 0.5) is 8.78 Å². The van der Waals surface area contributed by atoms with Crippen LogP contribution in [0.5, 0.6) is 0 Å². The number of ether oxygens (including phenoxy) is 1. The number of esters is 1. The van der Waals surface area contributed by atoms with E-state index in [0.717, 1.165) is 6.07 Å². The van der Waals surface area contributed by atoms with Gasteiger partial charge in [-0.05, 0) is 25.5 Å². The van der Waals surface area contributed by atoms with Crippen molar-refractivity contribution >= 4 is 5.97 Å². The molecule has 0 aliphatic rings. The van der Waals surface area contributed by atoms with Crippen LogP contribution in [-0.4, -0.2) is 17.7 Å². The number of aryl methyl sites for hydroxylation is 1. The third-order valence-corrected chi connectivity index (χ3v) is 2.08. The second kappa shape index (κ2) is 5.03. The molecule has 0 spiro atoms. The number of benzene rings is 1.